The van der Waals surface area contributed by atoms with Crippen molar-refractivity contribution in [1.29, 1.82) is 0 Å². The standard InChI is InChI=1S/C29H35N5O3/c1-3-5-6-13-19-31-21-25-33(27(28(31)36)24-16-11-8-12-17-24)26(35)22-32(18-4-2)34(25)29(37)30-20-23-14-9-7-10-15-23/h2,7-12,14-17,25,27H,3,5-6,13,18-22H2,1H3,(H,30,37)/t25-,27-/m0/s1. The topological polar surface area (TPSA) is 76.2 Å². The molecule has 2 atom stereocenters. The van der Waals surface area contributed by atoms with Crippen molar-refractivity contribution < 1.29 is 14.4 Å². The van der Waals surface area contributed by atoms with Gasteiger partial charge in [0.15, 0.2) is 0 Å². The third-order valence-corrected chi connectivity index (χ3v) is 6.89. The van der Waals surface area contributed by atoms with Gasteiger partial charge in [-0.2, -0.15) is 5.01 Å². The van der Waals surface area contributed by atoms with Crippen molar-refractivity contribution >= 4 is 17.8 Å². The fraction of sp³-hybridized carbons (Fsp3) is 0.414. The molecular weight excluding hydrogens is 466 g/mol. The SMILES string of the molecule is C#CCN1CC(=O)N2[C@@H](c3ccccc3)C(=O)N(CCCCCC)C[C@@H]2N1C(=O)NCc1ccccc1. The predicted octanol–water partition coefficient (Wildman–Crippen LogP) is 3.38. The second-order valence-corrected chi connectivity index (χ2v) is 9.46. The summed E-state index contributed by atoms with van der Waals surface area (Å²) in [6, 6.07) is 17.8. The molecule has 2 fully saturated rings. The number of carbonyl (C=O) groups is 3. The lowest BCUT2D eigenvalue weighted by Gasteiger charge is -2.55. The van der Waals surface area contributed by atoms with Crippen molar-refractivity contribution in [3.05, 3.63) is 71.8 Å². The van der Waals surface area contributed by atoms with Gasteiger partial charge in [0, 0.05) is 13.1 Å². The van der Waals surface area contributed by atoms with Gasteiger partial charge in [-0.05, 0) is 17.5 Å². The van der Waals surface area contributed by atoms with Crippen LogP contribution < -0.4 is 5.32 Å². The van der Waals surface area contributed by atoms with E-state index in [0.29, 0.717) is 13.1 Å². The number of unbranched alkanes of at least 4 members (excludes halogenated alkanes) is 3. The van der Waals surface area contributed by atoms with Crippen LogP contribution in [0.25, 0.3) is 0 Å². The zero-order chi connectivity index (χ0) is 26.2. The first-order valence-corrected chi connectivity index (χ1v) is 13.0. The molecule has 2 heterocycles. The molecule has 1 N–H and O–H groups in total. The summed E-state index contributed by atoms with van der Waals surface area (Å²) >= 11 is 0. The van der Waals surface area contributed by atoms with Gasteiger partial charge in [0.25, 0.3) is 0 Å². The van der Waals surface area contributed by atoms with E-state index in [2.05, 4.69) is 18.2 Å². The Morgan fingerprint density at radius 2 is 1.73 bits per heavy atom. The van der Waals surface area contributed by atoms with Crippen molar-refractivity contribution in [3.63, 3.8) is 0 Å². The minimum atomic E-state index is -0.795. The Morgan fingerprint density at radius 3 is 2.41 bits per heavy atom. The zero-order valence-corrected chi connectivity index (χ0v) is 21.4. The zero-order valence-electron chi connectivity index (χ0n) is 21.4. The van der Waals surface area contributed by atoms with Gasteiger partial charge in [0.2, 0.25) is 11.8 Å². The molecule has 0 spiro atoms. The van der Waals surface area contributed by atoms with Gasteiger partial charge in [-0.25, -0.2) is 9.80 Å². The number of piperazine rings is 1. The molecule has 0 radical (unpaired) electrons. The maximum absolute atomic E-state index is 13.8. The van der Waals surface area contributed by atoms with Gasteiger partial charge >= 0.3 is 6.03 Å². The molecule has 0 aliphatic carbocycles. The number of benzene rings is 2. The van der Waals surface area contributed by atoms with Crippen LogP contribution in [0.5, 0.6) is 0 Å². The number of terminal acetylenes is 1. The van der Waals surface area contributed by atoms with Gasteiger partial charge in [-0.1, -0.05) is 92.8 Å². The third-order valence-electron chi connectivity index (χ3n) is 6.89. The van der Waals surface area contributed by atoms with Crippen LogP contribution in [0.3, 0.4) is 0 Å². The average molecular weight is 502 g/mol. The number of amides is 4. The predicted molar refractivity (Wildman–Crippen MR) is 141 cm³/mol. The first kappa shape index (κ1) is 26.2. The van der Waals surface area contributed by atoms with Crippen LogP contribution in [0.15, 0.2) is 60.7 Å². The molecule has 0 saturated carbocycles. The molecule has 8 nitrogen and oxygen atoms in total. The van der Waals surface area contributed by atoms with Crippen LogP contribution in [0, 0.1) is 12.3 Å². The summed E-state index contributed by atoms with van der Waals surface area (Å²) in [4.78, 5) is 44.2. The summed E-state index contributed by atoms with van der Waals surface area (Å²) in [6.07, 6.45) is 9.05. The molecule has 4 amide bonds. The highest BCUT2D eigenvalue weighted by Gasteiger charge is 2.51. The summed E-state index contributed by atoms with van der Waals surface area (Å²) in [6.45, 7) is 3.33. The monoisotopic (exact) mass is 501 g/mol. The molecule has 8 heteroatoms. The Morgan fingerprint density at radius 1 is 1.03 bits per heavy atom. The van der Waals surface area contributed by atoms with Crippen LogP contribution in [0.2, 0.25) is 0 Å². The van der Waals surface area contributed by atoms with Gasteiger partial charge in [-0.3, -0.25) is 9.59 Å². The van der Waals surface area contributed by atoms with E-state index in [1.165, 1.54) is 0 Å². The van der Waals surface area contributed by atoms with Crippen LogP contribution in [0.1, 0.15) is 49.8 Å². The van der Waals surface area contributed by atoms with Crippen molar-refractivity contribution in [2.45, 2.75) is 51.4 Å². The minimum absolute atomic E-state index is 0.0768. The lowest BCUT2D eigenvalue weighted by Crippen LogP contribution is -2.74. The van der Waals surface area contributed by atoms with Crippen LogP contribution in [-0.2, 0) is 16.1 Å². The Balaban J connectivity index is 1.66. The summed E-state index contributed by atoms with van der Waals surface area (Å²) in [5.41, 5.74) is 1.70. The number of nitrogens with zero attached hydrogens (tertiary/aromatic N) is 4. The van der Waals surface area contributed by atoms with Gasteiger partial charge in [0.05, 0.1) is 19.6 Å². The quantitative estimate of drug-likeness (QED) is 0.422. The van der Waals surface area contributed by atoms with Crippen LogP contribution >= 0.6 is 0 Å². The molecule has 0 unspecified atom stereocenters. The van der Waals surface area contributed by atoms with Crippen molar-refractivity contribution in [3.8, 4) is 12.3 Å². The molecule has 2 aromatic rings. The molecule has 4 rings (SSSR count). The number of nitrogens with one attached hydrogen (secondary N) is 1. The Hall–Kier alpha value is -3.83. The summed E-state index contributed by atoms with van der Waals surface area (Å²) < 4.78 is 0. The van der Waals surface area contributed by atoms with Crippen LogP contribution in [0.4, 0.5) is 4.79 Å². The average Bonchev–Trinajstić information content (AvgIpc) is 2.91. The largest absolute Gasteiger partial charge is 0.337 e. The number of hydrazine groups is 1. The van der Waals surface area contributed by atoms with Gasteiger partial charge in [-0.15, -0.1) is 6.42 Å². The second kappa shape index (κ2) is 12.4. The van der Waals surface area contributed by atoms with E-state index >= 15 is 0 Å². The fourth-order valence-corrected chi connectivity index (χ4v) is 5.07. The summed E-state index contributed by atoms with van der Waals surface area (Å²) in [5, 5.41) is 6.14. The van der Waals surface area contributed by atoms with E-state index < -0.39 is 12.2 Å². The van der Waals surface area contributed by atoms with Crippen molar-refractivity contribution in [1.82, 2.24) is 25.1 Å². The number of rotatable bonds is 9. The highest BCUT2D eigenvalue weighted by Crippen LogP contribution is 2.34. The summed E-state index contributed by atoms with van der Waals surface area (Å²) in [5.74, 6) is 2.25. The fourth-order valence-electron chi connectivity index (χ4n) is 5.07. The number of hydrogen-bond acceptors (Lipinski definition) is 4. The molecule has 37 heavy (non-hydrogen) atoms. The van der Waals surface area contributed by atoms with Crippen LogP contribution in [-0.4, -0.2) is 70.0 Å². The first-order valence-electron chi connectivity index (χ1n) is 13.0. The maximum atomic E-state index is 13.8. The maximum Gasteiger partial charge on any atom is 0.334 e. The van der Waals surface area contributed by atoms with E-state index in [1.807, 2.05) is 60.7 Å². The van der Waals surface area contributed by atoms with E-state index in [0.717, 1.165) is 36.8 Å². The number of fused-ring (bicyclic) bond motifs is 1. The Bertz CT molecular complexity index is 1120. The molecular formula is C29H35N5O3. The normalized spacial score (nSPS) is 19.9. The smallest absolute Gasteiger partial charge is 0.334 e. The minimum Gasteiger partial charge on any atom is -0.337 e. The number of carbonyl (C=O) groups excluding carboxylic acids is 3. The van der Waals surface area contributed by atoms with E-state index in [1.54, 1.807) is 19.8 Å². The first-order chi connectivity index (χ1) is 18.0. The van der Waals surface area contributed by atoms with E-state index in [4.69, 9.17) is 6.42 Å². The Labute approximate surface area is 219 Å². The molecule has 194 valence electrons. The third kappa shape index (κ3) is 5.95. The molecule has 2 aromatic carbocycles. The molecule has 2 aliphatic heterocycles. The summed E-state index contributed by atoms with van der Waals surface area (Å²) in [7, 11) is 0. The number of urea groups is 1. The Kier molecular flexibility index (Phi) is 8.81. The van der Waals surface area contributed by atoms with E-state index in [-0.39, 0.29) is 37.5 Å². The van der Waals surface area contributed by atoms with Gasteiger partial charge in [0.1, 0.15) is 12.2 Å². The lowest BCUT2D eigenvalue weighted by atomic mass is 9.98. The molecule has 0 bridgehead atoms. The highest BCUT2D eigenvalue weighted by atomic mass is 16.2. The second-order valence-electron chi connectivity index (χ2n) is 9.46. The molecule has 0 aromatic heterocycles. The lowest BCUT2D eigenvalue weighted by molar-refractivity contribution is -0.189. The molecule has 2 aliphatic rings. The number of hydrogen-bond donors (Lipinski definition) is 1. The highest BCUT2D eigenvalue weighted by molar-refractivity contribution is 5.92. The van der Waals surface area contributed by atoms with Crippen molar-refractivity contribution in [2.24, 2.45) is 0 Å². The van der Waals surface area contributed by atoms with Crippen molar-refractivity contribution in [2.75, 3.05) is 26.2 Å². The van der Waals surface area contributed by atoms with Gasteiger partial charge < -0.3 is 15.1 Å². The molecule has 2 saturated heterocycles. The van der Waals surface area contributed by atoms with E-state index in [9.17, 15) is 14.4 Å².